The normalized spacial score (nSPS) is 18.2. The summed E-state index contributed by atoms with van der Waals surface area (Å²) in [7, 11) is 1.83. The maximum atomic E-state index is 13.5. The second kappa shape index (κ2) is 6.27. The van der Waals surface area contributed by atoms with Crippen LogP contribution in [-0.4, -0.2) is 34.8 Å². The van der Waals surface area contributed by atoms with E-state index in [1.54, 1.807) is 27.9 Å². The Kier molecular flexibility index (Phi) is 4.20. The number of carbonyl (C=O) groups excluding carboxylic acids is 1. The minimum Gasteiger partial charge on any atom is -0.308 e. The van der Waals surface area contributed by atoms with Crippen molar-refractivity contribution >= 4 is 11.6 Å². The number of aromatic nitrogens is 2. The number of nitrogens with one attached hydrogen (secondary N) is 1. The van der Waals surface area contributed by atoms with Crippen molar-refractivity contribution in [3.05, 3.63) is 48.0 Å². The number of halogens is 1. The third-order valence-electron chi connectivity index (χ3n) is 3.95. The lowest BCUT2D eigenvalue weighted by Gasteiger charge is -2.15. The molecule has 0 saturated carbocycles. The molecule has 1 N–H and O–H groups in total. The topological polar surface area (TPSA) is 50.2 Å². The zero-order valence-corrected chi connectivity index (χ0v) is 12.5. The van der Waals surface area contributed by atoms with Gasteiger partial charge in [0, 0.05) is 26.3 Å². The molecule has 1 atom stereocenters. The second-order valence-corrected chi connectivity index (χ2v) is 5.50. The molecule has 0 bridgehead atoms. The molecule has 22 heavy (non-hydrogen) atoms. The molecule has 1 aromatic heterocycles. The smallest absolute Gasteiger partial charge is 0.244 e. The first-order valence-corrected chi connectivity index (χ1v) is 7.42. The summed E-state index contributed by atoms with van der Waals surface area (Å²) in [6.07, 6.45) is 4.85. The van der Waals surface area contributed by atoms with Crippen LogP contribution in [0.2, 0.25) is 0 Å². The highest BCUT2D eigenvalue weighted by Crippen LogP contribution is 2.20. The van der Waals surface area contributed by atoms with Crippen molar-refractivity contribution in [1.29, 1.82) is 0 Å². The molecule has 0 unspecified atom stereocenters. The van der Waals surface area contributed by atoms with Gasteiger partial charge in [0.1, 0.15) is 5.82 Å². The predicted molar refractivity (Wildman–Crippen MR) is 82.1 cm³/mol. The Labute approximate surface area is 128 Å². The molecule has 1 aliphatic rings. The van der Waals surface area contributed by atoms with Crippen LogP contribution in [0, 0.1) is 5.82 Å². The Hall–Kier alpha value is -2.21. The summed E-state index contributed by atoms with van der Waals surface area (Å²) < 4.78 is 15.2. The number of benzene rings is 1. The molecule has 2 heterocycles. The molecule has 116 valence electrons. The molecular weight excluding hydrogens is 283 g/mol. The number of rotatable bonds is 5. The van der Waals surface area contributed by atoms with Crippen molar-refractivity contribution in [3.63, 3.8) is 0 Å². The summed E-state index contributed by atoms with van der Waals surface area (Å²) in [5.41, 5.74) is 1.50. The van der Waals surface area contributed by atoms with Gasteiger partial charge in [0.25, 0.3) is 0 Å². The summed E-state index contributed by atoms with van der Waals surface area (Å²) in [6.45, 7) is 1.26. The average molecular weight is 302 g/mol. The molecule has 2 aromatic rings. The first-order valence-electron chi connectivity index (χ1n) is 7.42. The van der Waals surface area contributed by atoms with E-state index in [0.29, 0.717) is 25.1 Å². The number of amides is 1. The lowest BCUT2D eigenvalue weighted by molar-refractivity contribution is -0.118. The summed E-state index contributed by atoms with van der Waals surface area (Å²) in [6, 6.07) is 6.53. The number of anilines is 1. The van der Waals surface area contributed by atoms with Crippen LogP contribution in [0.15, 0.2) is 36.7 Å². The Morgan fingerprint density at radius 2 is 2.23 bits per heavy atom. The predicted octanol–water partition coefficient (Wildman–Crippen LogP) is 1.50. The fraction of sp³-hybridized carbons (Fsp3) is 0.375. The van der Waals surface area contributed by atoms with Gasteiger partial charge in [-0.15, -0.1) is 0 Å². The SMILES string of the molecule is Cn1cc(N2CC[C@H](NCCc3ccccc3F)C2=O)cn1. The third-order valence-corrected chi connectivity index (χ3v) is 3.95. The minimum atomic E-state index is -0.202. The van der Waals surface area contributed by atoms with Crippen molar-refractivity contribution in [1.82, 2.24) is 15.1 Å². The largest absolute Gasteiger partial charge is 0.308 e. The van der Waals surface area contributed by atoms with E-state index in [2.05, 4.69) is 10.4 Å². The first kappa shape index (κ1) is 14.7. The van der Waals surface area contributed by atoms with Gasteiger partial charge in [-0.2, -0.15) is 5.10 Å². The van der Waals surface area contributed by atoms with E-state index in [1.807, 2.05) is 19.3 Å². The molecule has 1 fully saturated rings. The summed E-state index contributed by atoms with van der Waals surface area (Å²) in [4.78, 5) is 14.1. The number of hydrogen-bond acceptors (Lipinski definition) is 3. The van der Waals surface area contributed by atoms with Crippen molar-refractivity contribution in [2.45, 2.75) is 18.9 Å². The Balaban J connectivity index is 1.54. The van der Waals surface area contributed by atoms with Crippen LogP contribution in [0.4, 0.5) is 10.1 Å². The fourth-order valence-electron chi connectivity index (χ4n) is 2.76. The van der Waals surface area contributed by atoms with Crippen LogP contribution < -0.4 is 10.2 Å². The highest BCUT2D eigenvalue weighted by Gasteiger charge is 2.32. The van der Waals surface area contributed by atoms with Gasteiger partial charge in [0.05, 0.1) is 17.9 Å². The van der Waals surface area contributed by atoms with E-state index in [-0.39, 0.29) is 17.8 Å². The van der Waals surface area contributed by atoms with Crippen LogP contribution in [0.5, 0.6) is 0 Å². The molecular formula is C16H19FN4O. The summed E-state index contributed by atoms with van der Waals surface area (Å²) in [5.74, 6) is -0.138. The zero-order chi connectivity index (χ0) is 15.5. The molecule has 3 rings (SSSR count). The lowest BCUT2D eigenvalue weighted by atomic mass is 10.1. The van der Waals surface area contributed by atoms with Crippen LogP contribution in [0.1, 0.15) is 12.0 Å². The Morgan fingerprint density at radius 3 is 2.95 bits per heavy atom. The molecule has 1 amide bonds. The number of hydrogen-bond donors (Lipinski definition) is 1. The van der Waals surface area contributed by atoms with Gasteiger partial charge < -0.3 is 10.2 Å². The van der Waals surface area contributed by atoms with Crippen molar-refractivity contribution in [3.8, 4) is 0 Å². The minimum absolute atomic E-state index is 0.0570. The summed E-state index contributed by atoms with van der Waals surface area (Å²) >= 11 is 0. The van der Waals surface area contributed by atoms with Crippen LogP contribution in [-0.2, 0) is 18.3 Å². The standard InChI is InChI=1S/C16H19FN4O/c1-20-11-13(10-19-20)21-9-7-15(16(21)22)18-8-6-12-4-2-3-5-14(12)17/h2-5,10-11,15,18H,6-9H2,1H3/t15-/m0/s1. The van der Waals surface area contributed by atoms with Gasteiger partial charge in [0.2, 0.25) is 5.91 Å². The molecule has 1 aliphatic heterocycles. The molecule has 6 heteroatoms. The van der Waals surface area contributed by atoms with Crippen molar-refractivity contribution < 1.29 is 9.18 Å². The zero-order valence-electron chi connectivity index (χ0n) is 12.5. The van der Waals surface area contributed by atoms with Gasteiger partial charge in [0.15, 0.2) is 0 Å². The van der Waals surface area contributed by atoms with E-state index >= 15 is 0 Å². The van der Waals surface area contributed by atoms with Gasteiger partial charge in [-0.3, -0.25) is 9.48 Å². The maximum absolute atomic E-state index is 13.5. The molecule has 0 aliphatic carbocycles. The van der Waals surface area contributed by atoms with Gasteiger partial charge >= 0.3 is 0 Å². The fourth-order valence-corrected chi connectivity index (χ4v) is 2.76. The number of carbonyl (C=O) groups is 1. The highest BCUT2D eigenvalue weighted by molar-refractivity contribution is 5.99. The number of aryl methyl sites for hydroxylation is 1. The molecule has 0 radical (unpaired) electrons. The molecule has 1 saturated heterocycles. The van der Waals surface area contributed by atoms with E-state index in [0.717, 1.165) is 12.1 Å². The monoisotopic (exact) mass is 302 g/mol. The quantitative estimate of drug-likeness (QED) is 0.910. The van der Waals surface area contributed by atoms with Crippen LogP contribution >= 0.6 is 0 Å². The molecule has 5 nitrogen and oxygen atoms in total. The molecule has 1 aromatic carbocycles. The average Bonchev–Trinajstić information content (AvgIpc) is 3.08. The van der Waals surface area contributed by atoms with Crippen molar-refractivity contribution in [2.75, 3.05) is 18.0 Å². The maximum Gasteiger partial charge on any atom is 0.244 e. The molecule has 0 spiro atoms. The van der Waals surface area contributed by atoms with E-state index in [9.17, 15) is 9.18 Å². The van der Waals surface area contributed by atoms with E-state index < -0.39 is 0 Å². The third kappa shape index (κ3) is 3.01. The Morgan fingerprint density at radius 1 is 1.41 bits per heavy atom. The van der Waals surface area contributed by atoms with Crippen LogP contribution in [0.25, 0.3) is 0 Å². The van der Waals surface area contributed by atoms with E-state index in [4.69, 9.17) is 0 Å². The summed E-state index contributed by atoms with van der Waals surface area (Å²) in [5, 5.41) is 7.32. The second-order valence-electron chi connectivity index (χ2n) is 5.50. The van der Waals surface area contributed by atoms with Crippen LogP contribution in [0.3, 0.4) is 0 Å². The van der Waals surface area contributed by atoms with Gasteiger partial charge in [-0.1, -0.05) is 18.2 Å². The van der Waals surface area contributed by atoms with E-state index in [1.165, 1.54) is 6.07 Å². The van der Waals surface area contributed by atoms with Gasteiger partial charge in [-0.05, 0) is 24.5 Å². The lowest BCUT2D eigenvalue weighted by Crippen LogP contribution is -2.39. The number of nitrogens with zero attached hydrogens (tertiary/aromatic N) is 3. The van der Waals surface area contributed by atoms with Gasteiger partial charge in [-0.25, -0.2) is 4.39 Å². The first-order chi connectivity index (χ1) is 10.6. The Bertz CT molecular complexity index is 670. The highest BCUT2D eigenvalue weighted by atomic mass is 19.1. The van der Waals surface area contributed by atoms with Crippen molar-refractivity contribution in [2.24, 2.45) is 7.05 Å².